The third-order valence-electron chi connectivity index (χ3n) is 6.80. The molecule has 0 atom stereocenters. The molecule has 0 radical (unpaired) electrons. The van der Waals surface area contributed by atoms with Gasteiger partial charge in [0.1, 0.15) is 5.82 Å². The van der Waals surface area contributed by atoms with Gasteiger partial charge in [0.05, 0.1) is 5.69 Å². The fourth-order valence-corrected chi connectivity index (χ4v) is 5.13. The molecule has 0 spiro atoms. The van der Waals surface area contributed by atoms with Gasteiger partial charge in [0, 0.05) is 63.2 Å². The molecule has 0 fully saturated rings. The summed E-state index contributed by atoms with van der Waals surface area (Å²) in [5, 5.41) is 4.24. The van der Waals surface area contributed by atoms with Gasteiger partial charge in [-0.15, -0.1) is 0 Å². The summed E-state index contributed by atoms with van der Waals surface area (Å²) in [7, 11) is 0. The smallest absolute Gasteiger partial charge is 0.225 e. The highest BCUT2D eigenvalue weighted by atomic mass is 35.5. The predicted molar refractivity (Wildman–Crippen MR) is 145 cm³/mol. The Kier molecular flexibility index (Phi) is 5.50. The van der Waals surface area contributed by atoms with E-state index in [0.29, 0.717) is 28.3 Å². The Morgan fingerprint density at radius 2 is 1.78 bits per heavy atom. The summed E-state index contributed by atoms with van der Waals surface area (Å²) in [6.45, 7) is 4.16. The van der Waals surface area contributed by atoms with Crippen molar-refractivity contribution in [3.05, 3.63) is 95.7 Å². The molecule has 0 saturated carbocycles. The summed E-state index contributed by atoms with van der Waals surface area (Å²) < 4.78 is 14.7. The van der Waals surface area contributed by atoms with E-state index >= 15 is 0 Å². The van der Waals surface area contributed by atoms with Crippen molar-refractivity contribution in [3.8, 4) is 33.5 Å². The standard InChI is InChI=1S/C30H22ClFN4O/c1-30(2)14-28(37)35-26-8-5-17(11-24(26)30)18-10-19(16-33-15-18)22-13-27(23-12-20(31)6-7-25(23)32)36-29-21(22)4-3-9-34-29/h3-13,15-16H,14H2,1-2H3,(H,35,37). The van der Waals surface area contributed by atoms with Gasteiger partial charge in [-0.25, -0.2) is 14.4 Å². The van der Waals surface area contributed by atoms with Crippen LogP contribution < -0.4 is 5.32 Å². The molecule has 3 aromatic heterocycles. The number of amides is 1. The van der Waals surface area contributed by atoms with E-state index in [2.05, 4.69) is 46.2 Å². The van der Waals surface area contributed by atoms with Gasteiger partial charge in [0.25, 0.3) is 0 Å². The molecular weight excluding hydrogens is 487 g/mol. The van der Waals surface area contributed by atoms with Crippen molar-refractivity contribution in [2.24, 2.45) is 0 Å². The minimum absolute atomic E-state index is 0.0269. The number of pyridine rings is 3. The van der Waals surface area contributed by atoms with Crippen LogP contribution in [0.2, 0.25) is 5.02 Å². The number of hydrogen-bond donors (Lipinski definition) is 1. The number of benzene rings is 2. The zero-order chi connectivity index (χ0) is 25.7. The van der Waals surface area contributed by atoms with E-state index in [9.17, 15) is 9.18 Å². The highest BCUT2D eigenvalue weighted by Crippen LogP contribution is 2.40. The van der Waals surface area contributed by atoms with Crippen LogP contribution in [0.3, 0.4) is 0 Å². The molecule has 0 saturated heterocycles. The van der Waals surface area contributed by atoms with Crippen LogP contribution in [-0.4, -0.2) is 20.9 Å². The van der Waals surface area contributed by atoms with Gasteiger partial charge in [-0.2, -0.15) is 0 Å². The topological polar surface area (TPSA) is 67.8 Å². The number of carbonyl (C=O) groups excluding carboxylic acids is 1. The Morgan fingerprint density at radius 1 is 0.946 bits per heavy atom. The second-order valence-corrected chi connectivity index (χ2v) is 10.3. The van der Waals surface area contributed by atoms with E-state index in [-0.39, 0.29) is 11.3 Å². The SMILES string of the molecule is CC1(C)CC(=O)Nc2ccc(-c3cncc(-c4cc(-c5cc(Cl)ccc5F)nc5ncccc45)c3)cc21. The Bertz CT molecular complexity index is 1720. The van der Waals surface area contributed by atoms with E-state index in [1.54, 1.807) is 18.5 Å². The Hall–Kier alpha value is -4.16. The van der Waals surface area contributed by atoms with Crippen LogP contribution in [0.4, 0.5) is 10.1 Å². The van der Waals surface area contributed by atoms with Crippen LogP contribution in [0.25, 0.3) is 44.5 Å². The van der Waals surface area contributed by atoms with Crippen LogP contribution in [0.5, 0.6) is 0 Å². The van der Waals surface area contributed by atoms with E-state index in [1.165, 1.54) is 12.1 Å². The fraction of sp³-hybridized carbons (Fsp3) is 0.133. The lowest BCUT2D eigenvalue weighted by molar-refractivity contribution is -0.117. The van der Waals surface area contributed by atoms with Crippen LogP contribution in [-0.2, 0) is 10.2 Å². The number of fused-ring (bicyclic) bond motifs is 2. The second kappa shape index (κ2) is 8.75. The quantitative estimate of drug-likeness (QED) is 0.275. The lowest BCUT2D eigenvalue weighted by Crippen LogP contribution is -2.32. The van der Waals surface area contributed by atoms with Crippen LogP contribution >= 0.6 is 11.6 Å². The lowest BCUT2D eigenvalue weighted by Gasteiger charge is -2.32. The molecule has 5 nitrogen and oxygen atoms in total. The molecule has 0 unspecified atom stereocenters. The molecule has 6 rings (SSSR count). The summed E-state index contributed by atoms with van der Waals surface area (Å²) in [5.41, 5.74) is 6.53. The van der Waals surface area contributed by atoms with Crippen molar-refractivity contribution in [2.45, 2.75) is 25.7 Å². The van der Waals surface area contributed by atoms with Gasteiger partial charge in [0.2, 0.25) is 5.91 Å². The molecule has 5 aromatic rings. The number of halogens is 2. The molecular formula is C30H22ClFN4O. The molecule has 4 heterocycles. The first-order chi connectivity index (χ1) is 17.8. The number of rotatable bonds is 3. The normalized spacial score (nSPS) is 14.3. The van der Waals surface area contributed by atoms with E-state index < -0.39 is 5.82 Å². The Morgan fingerprint density at radius 3 is 2.65 bits per heavy atom. The number of anilines is 1. The molecule has 1 aliphatic heterocycles. The molecule has 1 N–H and O–H groups in total. The highest BCUT2D eigenvalue weighted by Gasteiger charge is 2.32. The monoisotopic (exact) mass is 508 g/mol. The van der Waals surface area contributed by atoms with Crippen LogP contribution in [0, 0.1) is 5.82 Å². The molecule has 0 aliphatic carbocycles. The van der Waals surface area contributed by atoms with Crippen molar-refractivity contribution in [3.63, 3.8) is 0 Å². The molecule has 1 amide bonds. The second-order valence-electron chi connectivity index (χ2n) is 9.89. The first kappa shape index (κ1) is 23.3. The third kappa shape index (κ3) is 4.23. The molecule has 7 heteroatoms. The number of aromatic nitrogens is 3. The average Bonchev–Trinajstić information content (AvgIpc) is 2.89. The van der Waals surface area contributed by atoms with Crippen molar-refractivity contribution in [1.29, 1.82) is 0 Å². The minimum Gasteiger partial charge on any atom is -0.326 e. The molecule has 37 heavy (non-hydrogen) atoms. The maximum atomic E-state index is 14.7. The van der Waals surface area contributed by atoms with Crippen molar-refractivity contribution >= 4 is 34.2 Å². The Balaban J connectivity index is 1.50. The van der Waals surface area contributed by atoms with Gasteiger partial charge in [0.15, 0.2) is 5.65 Å². The highest BCUT2D eigenvalue weighted by molar-refractivity contribution is 6.30. The largest absolute Gasteiger partial charge is 0.326 e. The zero-order valence-corrected chi connectivity index (χ0v) is 21.0. The summed E-state index contributed by atoms with van der Waals surface area (Å²) in [5.74, 6) is -0.382. The van der Waals surface area contributed by atoms with Gasteiger partial charge < -0.3 is 5.32 Å². The Labute approximate surface area is 218 Å². The minimum atomic E-state index is -0.409. The van der Waals surface area contributed by atoms with E-state index in [4.69, 9.17) is 11.6 Å². The summed E-state index contributed by atoms with van der Waals surface area (Å²) in [6, 6.07) is 18.2. The molecule has 0 bridgehead atoms. The number of nitrogens with one attached hydrogen (secondary N) is 1. The summed E-state index contributed by atoms with van der Waals surface area (Å²) in [6.07, 6.45) is 5.70. The summed E-state index contributed by atoms with van der Waals surface area (Å²) in [4.78, 5) is 25.7. The number of carbonyl (C=O) groups is 1. The van der Waals surface area contributed by atoms with Gasteiger partial charge >= 0.3 is 0 Å². The first-order valence-corrected chi connectivity index (χ1v) is 12.3. The molecule has 1 aliphatic rings. The molecule has 2 aromatic carbocycles. The third-order valence-corrected chi connectivity index (χ3v) is 7.03. The predicted octanol–water partition coefficient (Wildman–Crippen LogP) is 7.44. The summed E-state index contributed by atoms with van der Waals surface area (Å²) >= 11 is 6.17. The van der Waals surface area contributed by atoms with E-state index in [1.807, 2.05) is 36.5 Å². The zero-order valence-electron chi connectivity index (χ0n) is 20.2. The van der Waals surface area contributed by atoms with E-state index in [0.717, 1.165) is 38.9 Å². The van der Waals surface area contributed by atoms with Gasteiger partial charge in [-0.05, 0) is 71.3 Å². The van der Waals surface area contributed by atoms with Crippen LogP contribution in [0.15, 0.2) is 79.3 Å². The lowest BCUT2D eigenvalue weighted by atomic mass is 9.77. The fourth-order valence-electron chi connectivity index (χ4n) is 4.96. The van der Waals surface area contributed by atoms with Gasteiger partial charge in [-0.3, -0.25) is 9.78 Å². The van der Waals surface area contributed by atoms with Crippen molar-refractivity contribution < 1.29 is 9.18 Å². The first-order valence-electron chi connectivity index (χ1n) is 11.9. The number of nitrogens with zero attached hydrogens (tertiary/aromatic N) is 3. The van der Waals surface area contributed by atoms with Crippen LogP contribution in [0.1, 0.15) is 25.8 Å². The average molecular weight is 509 g/mol. The maximum absolute atomic E-state index is 14.7. The van der Waals surface area contributed by atoms with Gasteiger partial charge in [-0.1, -0.05) is 31.5 Å². The number of hydrogen-bond acceptors (Lipinski definition) is 4. The maximum Gasteiger partial charge on any atom is 0.225 e. The van der Waals surface area contributed by atoms with Crippen molar-refractivity contribution in [2.75, 3.05) is 5.32 Å². The van der Waals surface area contributed by atoms with Crippen molar-refractivity contribution in [1.82, 2.24) is 15.0 Å². The molecule has 182 valence electrons.